The number of hydrogen-bond donors (Lipinski definition) is 2. The molecule has 1 amide bonds. The van der Waals surface area contributed by atoms with Crippen molar-refractivity contribution in [1.82, 2.24) is 19.7 Å². The van der Waals surface area contributed by atoms with Gasteiger partial charge in [-0.1, -0.05) is 29.5 Å². The van der Waals surface area contributed by atoms with Gasteiger partial charge in [-0.2, -0.15) is 0 Å². The summed E-state index contributed by atoms with van der Waals surface area (Å²) in [6.07, 6.45) is 1.45. The molecule has 0 aliphatic rings. The molecule has 12 heteroatoms. The van der Waals surface area contributed by atoms with Crippen LogP contribution in [0.4, 0.5) is 11.4 Å². The monoisotopic (exact) mass is 456 g/mol. The first-order valence-corrected chi connectivity index (χ1v) is 11.0. The van der Waals surface area contributed by atoms with Crippen molar-refractivity contribution in [1.29, 1.82) is 0 Å². The van der Waals surface area contributed by atoms with E-state index in [1.807, 2.05) is 0 Å². The molecule has 32 heavy (non-hydrogen) atoms. The fourth-order valence-corrected chi connectivity index (χ4v) is 3.96. The van der Waals surface area contributed by atoms with Crippen molar-refractivity contribution in [3.05, 3.63) is 88.3 Å². The van der Waals surface area contributed by atoms with E-state index in [-0.39, 0.29) is 23.7 Å². The molecule has 0 saturated heterocycles. The Morgan fingerprint density at radius 1 is 1.25 bits per heavy atom. The zero-order valence-electron chi connectivity index (χ0n) is 17.1. The molecule has 0 bridgehead atoms. The Kier molecular flexibility index (Phi) is 6.76. The molecule has 0 unspecified atom stereocenters. The minimum absolute atomic E-state index is 0.0526. The number of nitro groups is 1. The largest absolute Gasteiger partial charge is 0.321 e. The number of benzene rings is 2. The SMILES string of the molecule is C=CCNS(=O)(=O)Cc1ccc(NC(=O)c2nnn(-c3cccc([N+](=O)[O-])c3)c2C)cc1. The molecule has 0 fully saturated rings. The first-order valence-electron chi connectivity index (χ1n) is 9.36. The highest BCUT2D eigenvalue weighted by molar-refractivity contribution is 7.88. The van der Waals surface area contributed by atoms with E-state index in [1.165, 1.54) is 29.0 Å². The summed E-state index contributed by atoms with van der Waals surface area (Å²) in [6, 6.07) is 12.2. The van der Waals surface area contributed by atoms with Crippen molar-refractivity contribution in [3.63, 3.8) is 0 Å². The Bertz CT molecular complexity index is 1270. The molecule has 1 aromatic heterocycles. The molecular formula is C20H20N6O5S. The molecule has 0 radical (unpaired) electrons. The number of anilines is 1. The van der Waals surface area contributed by atoms with Crippen LogP contribution >= 0.6 is 0 Å². The molecule has 2 N–H and O–H groups in total. The van der Waals surface area contributed by atoms with Gasteiger partial charge in [0.25, 0.3) is 11.6 Å². The standard InChI is InChI=1S/C20H20N6O5S/c1-3-11-21-32(30,31)13-15-7-9-16(10-8-15)22-20(27)19-14(2)25(24-23-19)17-5-4-6-18(12-17)26(28)29/h3-10,12,21H,1,11,13H2,2H3,(H,22,27). The Morgan fingerprint density at radius 3 is 2.62 bits per heavy atom. The number of nitrogens with zero attached hydrogens (tertiary/aromatic N) is 4. The third kappa shape index (κ3) is 5.42. The van der Waals surface area contributed by atoms with Crippen molar-refractivity contribution < 1.29 is 18.1 Å². The zero-order valence-corrected chi connectivity index (χ0v) is 17.9. The maximum absolute atomic E-state index is 12.6. The second kappa shape index (κ2) is 9.49. The van der Waals surface area contributed by atoms with E-state index in [2.05, 4.69) is 26.9 Å². The Balaban J connectivity index is 1.72. The van der Waals surface area contributed by atoms with Gasteiger partial charge in [-0.25, -0.2) is 17.8 Å². The number of rotatable bonds is 9. The van der Waals surface area contributed by atoms with Crippen LogP contribution in [0.1, 0.15) is 21.7 Å². The highest BCUT2D eigenvalue weighted by atomic mass is 32.2. The number of carbonyl (C=O) groups is 1. The summed E-state index contributed by atoms with van der Waals surface area (Å²) >= 11 is 0. The lowest BCUT2D eigenvalue weighted by atomic mass is 10.2. The third-order valence-electron chi connectivity index (χ3n) is 4.41. The average molecular weight is 456 g/mol. The summed E-state index contributed by atoms with van der Waals surface area (Å²) in [7, 11) is -3.49. The van der Waals surface area contributed by atoms with Crippen LogP contribution < -0.4 is 10.0 Å². The number of sulfonamides is 1. The summed E-state index contributed by atoms with van der Waals surface area (Å²) in [4.78, 5) is 23.1. The van der Waals surface area contributed by atoms with Crippen LogP contribution in [0.5, 0.6) is 0 Å². The highest BCUT2D eigenvalue weighted by Gasteiger charge is 2.19. The lowest BCUT2D eigenvalue weighted by molar-refractivity contribution is -0.384. The normalized spacial score (nSPS) is 11.2. The molecule has 0 atom stereocenters. The lowest BCUT2D eigenvalue weighted by Crippen LogP contribution is -2.25. The van der Waals surface area contributed by atoms with E-state index < -0.39 is 20.9 Å². The maximum Gasteiger partial charge on any atom is 0.278 e. The van der Waals surface area contributed by atoms with Crippen molar-refractivity contribution in [3.8, 4) is 5.69 Å². The molecule has 0 saturated carbocycles. The van der Waals surface area contributed by atoms with Crippen LogP contribution in [-0.2, 0) is 15.8 Å². The van der Waals surface area contributed by atoms with Gasteiger partial charge in [0.15, 0.2) is 5.69 Å². The van der Waals surface area contributed by atoms with Crippen LogP contribution in [0.25, 0.3) is 5.69 Å². The second-order valence-electron chi connectivity index (χ2n) is 6.76. The van der Waals surface area contributed by atoms with Crippen LogP contribution in [0.15, 0.2) is 61.2 Å². The molecule has 166 valence electrons. The van der Waals surface area contributed by atoms with Crippen molar-refractivity contribution in [2.45, 2.75) is 12.7 Å². The van der Waals surface area contributed by atoms with Gasteiger partial charge in [0.2, 0.25) is 10.0 Å². The maximum atomic E-state index is 12.6. The van der Waals surface area contributed by atoms with Crippen molar-refractivity contribution in [2.75, 3.05) is 11.9 Å². The highest BCUT2D eigenvalue weighted by Crippen LogP contribution is 2.19. The summed E-state index contributed by atoms with van der Waals surface area (Å²) in [6.45, 7) is 5.23. The summed E-state index contributed by atoms with van der Waals surface area (Å²) in [5, 5.41) is 21.5. The first-order chi connectivity index (χ1) is 15.2. The number of carbonyl (C=O) groups excluding carboxylic acids is 1. The number of nitrogens with one attached hydrogen (secondary N) is 2. The minimum Gasteiger partial charge on any atom is -0.321 e. The summed E-state index contributed by atoms with van der Waals surface area (Å²) in [5.41, 5.74) is 1.74. The first kappa shape index (κ1) is 22.8. The molecule has 0 spiro atoms. The van der Waals surface area contributed by atoms with E-state index in [4.69, 9.17) is 0 Å². The van der Waals surface area contributed by atoms with Crippen LogP contribution in [0.3, 0.4) is 0 Å². The zero-order chi connectivity index (χ0) is 23.3. The Morgan fingerprint density at radius 2 is 1.97 bits per heavy atom. The van der Waals surface area contributed by atoms with Crippen molar-refractivity contribution in [2.24, 2.45) is 0 Å². The third-order valence-corrected chi connectivity index (χ3v) is 5.73. The summed E-state index contributed by atoms with van der Waals surface area (Å²) < 4.78 is 27.6. The van der Waals surface area contributed by atoms with Gasteiger partial charge >= 0.3 is 0 Å². The molecule has 11 nitrogen and oxygen atoms in total. The lowest BCUT2D eigenvalue weighted by Gasteiger charge is -2.07. The number of nitro benzene ring substituents is 1. The number of non-ortho nitro benzene ring substituents is 1. The van der Waals surface area contributed by atoms with Gasteiger partial charge in [0, 0.05) is 24.4 Å². The molecule has 2 aromatic carbocycles. The van der Waals surface area contributed by atoms with Crippen LogP contribution in [-0.4, -0.2) is 40.8 Å². The number of aromatic nitrogens is 3. The van der Waals surface area contributed by atoms with E-state index >= 15 is 0 Å². The second-order valence-corrected chi connectivity index (χ2v) is 8.57. The van der Waals surface area contributed by atoms with E-state index in [9.17, 15) is 23.3 Å². The Labute approximate surface area is 184 Å². The Hall–Kier alpha value is -3.90. The van der Waals surface area contributed by atoms with Crippen LogP contribution in [0, 0.1) is 17.0 Å². The molecule has 1 heterocycles. The quantitative estimate of drug-likeness (QED) is 0.285. The van der Waals surface area contributed by atoms with Crippen molar-refractivity contribution >= 4 is 27.3 Å². The smallest absolute Gasteiger partial charge is 0.278 e. The minimum atomic E-state index is -3.49. The van der Waals surface area contributed by atoms with Gasteiger partial charge < -0.3 is 5.32 Å². The van der Waals surface area contributed by atoms with E-state index in [0.29, 0.717) is 22.6 Å². The molecule has 3 aromatic rings. The van der Waals surface area contributed by atoms with Gasteiger partial charge in [-0.15, -0.1) is 11.7 Å². The fourth-order valence-electron chi connectivity index (χ4n) is 2.85. The molecule has 3 rings (SSSR count). The average Bonchev–Trinajstić information content (AvgIpc) is 3.15. The predicted octanol–water partition coefficient (Wildman–Crippen LogP) is 2.34. The van der Waals surface area contributed by atoms with Gasteiger partial charge in [0.1, 0.15) is 0 Å². The molecular weight excluding hydrogens is 436 g/mol. The van der Waals surface area contributed by atoms with E-state index in [1.54, 1.807) is 37.3 Å². The van der Waals surface area contributed by atoms with E-state index in [0.717, 1.165) is 0 Å². The molecule has 0 aliphatic heterocycles. The van der Waals surface area contributed by atoms with Gasteiger partial charge in [-0.05, 0) is 30.7 Å². The van der Waals surface area contributed by atoms with Crippen LogP contribution in [0.2, 0.25) is 0 Å². The number of hydrogen-bond acceptors (Lipinski definition) is 7. The molecule has 0 aliphatic carbocycles. The van der Waals surface area contributed by atoms with Gasteiger partial charge in [-0.3, -0.25) is 14.9 Å². The predicted molar refractivity (Wildman–Crippen MR) is 118 cm³/mol. The van der Waals surface area contributed by atoms with Gasteiger partial charge in [0.05, 0.1) is 22.1 Å². The fraction of sp³-hybridized carbons (Fsp3) is 0.150. The topological polar surface area (TPSA) is 149 Å². The number of amides is 1. The summed E-state index contributed by atoms with van der Waals surface area (Å²) in [5.74, 6) is -0.724.